The Morgan fingerprint density at radius 2 is 1.50 bits per heavy atom. The molecule has 1 aliphatic rings. The topological polar surface area (TPSA) is 62.0 Å². The van der Waals surface area contributed by atoms with E-state index in [-0.39, 0.29) is 22.5 Å². The molecule has 1 aliphatic carbocycles. The highest BCUT2D eigenvalue weighted by Gasteiger charge is 2.32. The van der Waals surface area contributed by atoms with Crippen LogP contribution in [0, 0.1) is 5.41 Å². The maximum atomic E-state index is 12.3. The second kappa shape index (κ2) is 7.48. The fourth-order valence-electron chi connectivity index (χ4n) is 3.07. The molecule has 132 valence electrons. The van der Waals surface area contributed by atoms with Crippen LogP contribution in [0.5, 0.6) is 0 Å². The number of benzene rings is 2. The summed E-state index contributed by atoms with van der Waals surface area (Å²) in [5.41, 5.74) is 2.62. The Hall–Kier alpha value is -3.01. The summed E-state index contributed by atoms with van der Waals surface area (Å²) in [5.74, 6) is -0.00940. The van der Waals surface area contributed by atoms with Crippen molar-refractivity contribution in [2.24, 2.45) is 15.6 Å². The van der Waals surface area contributed by atoms with E-state index in [2.05, 4.69) is 10.2 Å². The second-order valence-corrected chi connectivity index (χ2v) is 7.23. The van der Waals surface area contributed by atoms with Crippen LogP contribution in [0.2, 0.25) is 0 Å². The number of carbonyl (C=O) groups is 1. The highest BCUT2D eigenvalue weighted by molar-refractivity contribution is 6.15. The third-order valence-corrected chi connectivity index (χ3v) is 4.34. The molecule has 0 bridgehead atoms. The Morgan fingerprint density at radius 1 is 0.962 bits per heavy atom. The molecule has 0 amide bonds. The van der Waals surface area contributed by atoms with Crippen LogP contribution < -0.4 is 0 Å². The van der Waals surface area contributed by atoms with Crippen LogP contribution >= 0.6 is 0 Å². The lowest BCUT2D eigenvalue weighted by Crippen LogP contribution is -2.26. The largest absolute Gasteiger partial charge is 0.511 e. The molecule has 0 saturated heterocycles. The fourth-order valence-corrected chi connectivity index (χ4v) is 3.07. The number of allylic oxidation sites excluding steroid dienone is 2. The maximum Gasteiger partial charge on any atom is 0.168 e. The van der Waals surface area contributed by atoms with Crippen molar-refractivity contribution in [1.82, 2.24) is 0 Å². The van der Waals surface area contributed by atoms with E-state index in [1.807, 2.05) is 74.5 Å². The predicted molar refractivity (Wildman–Crippen MR) is 105 cm³/mol. The van der Waals surface area contributed by atoms with Crippen molar-refractivity contribution in [1.29, 1.82) is 0 Å². The summed E-state index contributed by atoms with van der Waals surface area (Å²) in [6.45, 7) is 3.94. The lowest BCUT2D eigenvalue weighted by molar-refractivity contribution is -0.117. The van der Waals surface area contributed by atoms with Gasteiger partial charge in [-0.2, -0.15) is 5.10 Å². The molecule has 0 aromatic heterocycles. The highest BCUT2D eigenvalue weighted by Crippen LogP contribution is 2.35. The highest BCUT2D eigenvalue weighted by atomic mass is 16.3. The van der Waals surface area contributed by atoms with Gasteiger partial charge in [-0.3, -0.25) is 4.79 Å². The normalized spacial score (nSPS) is 16.8. The van der Waals surface area contributed by atoms with Gasteiger partial charge in [0.05, 0.1) is 11.8 Å². The summed E-state index contributed by atoms with van der Waals surface area (Å²) in [5, 5.41) is 18.7. The van der Waals surface area contributed by atoms with Crippen molar-refractivity contribution in [2.75, 3.05) is 0 Å². The zero-order valence-electron chi connectivity index (χ0n) is 15.0. The molecule has 1 N–H and O–H groups in total. The van der Waals surface area contributed by atoms with Gasteiger partial charge in [-0.15, -0.1) is 5.10 Å². The zero-order valence-corrected chi connectivity index (χ0v) is 15.0. The summed E-state index contributed by atoms with van der Waals surface area (Å²) in [6.07, 6.45) is 2.24. The Balaban J connectivity index is 1.95. The van der Waals surface area contributed by atoms with Gasteiger partial charge in [-0.1, -0.05) is 74.5 Å². The van der Waals surface area contributed by atoms with E-state index in [1.165, 1.54) is 6.21 Å². The fraction of sp³-hybridized carbons (Fsp3) is 0.227. The molecule has 4 heteroatoms. The van der Waals surface area contributed by atoms with Gasteiger partial charge in [0.25, 0.3) is 0 Å². The number of aliphatic hydroxyl groups excluding tert-OH is 1. The monoisotopic (exact) mass is 346 g/mol. The van der Waals surface area contributed by atoms with Gasteiger partial charge in [-0.25, -0.2) is 0 Å². The van der Waals surface area contributed by atoms with Gasteiger partial charge in [-0.05, 0) is 5.41 Å². The molecule has 0 spiro atoms. The van der Waals surface area contributed by atoms with E-state index in [1.54, 1.807) is 0 Å². The first-order chi connectivity index (χ1) is 12.5. The molecule has 0 atom stereocenters. The first-order valence-corrected chi connectivity index (χ1v) is 8.63. The van der Waals surface area contributed by atoms with E-state index < -0.39 is 0 Å². The number of hydrogen-bond donors (Lipinski definition) is 1. The van der Waals surface area contributed by atoms with Gasteiger partial charge in [0.15, 0.2) is 5.78 Å². The molecule has 4 nitrogen and oxygen atoms in total. The Labute approximate surface area is 153 Å². The molecule has 0 unspecified atom stereocenters. The molecule has 26 heavy (non-hydrogen) atoms. The van der Waals surface area contributed by atoms with Crippen molar-refractivity contribution < 1.29 is 9.90 Å². The molecule has 3 rings (SSSR count). The van der Waals surface area contributed by atoms with Crippen molar-refractivity contribution in [2.45, 2.75) is 26.7 Å². The van der Waals surface area contributed by atoms with Gasteiger partial charge < -0.3 is 5.11 Å². The number of carbonyl (C=O) groups excluding carboxylic acids is 1. The SMILES string of the molecule is CC1(C)CC(=O)C(C=NN=C(c2ccccc2)c2ccccc2)=C(O)C1. The Morgan fingerprint density at radius 3 is 2.00 bits per heavy atom. The van der Waals surface area contributed by atoms with Crippen molar-refractivity contribution >= 4 is 17.7 Å². The Bertz CT molecular complexity index is 837. The number of hydrogen-bond acceptors (Lipinski definition) is 4. The molecule has 0 fully saturated rings. The first-order valence-electron chi connectivity index (χ1n) is 8.63. The summed E-state index contributed by atoms with van der Waals surface area (Å²) < 4.78 is 0. The molecular weight excluding hydrogens is 324 g/mol. The molecule has 0 radical (unpaired) electrons. The van der Waals surface area contributed by atoms with Crippen LogP contribution in [0.3, 0.4) is 0 Å². The lowest BCUT2D eigenvalue weighted by atomic mass is 9.77. The van der Waals surface area contributed by atoms with Gasteiger partial charge in [0, 0.05) is 24.0 Å². The minimum absolute atomic E-state index is 0.0890. The number of Topliss-reactive ketones (excluding diaryl/α,β-unsaturated/α-hetero) is 1. The van der Waals surface area contributed by atoms with E-state index in [4.69, 9.17) is 0 Å². The quantitative estimate of drug-likeness (QED) is 0.643. The average Bonchev–Trinajstić information content (AvgIpc) is 2.61. The third-order valence-electron chi connectivity index (χ3n) is 4.34. The summed E-state index contributed by atoms with van der Waals surface area (Å²) >= 11 is 0. The molecule has 0 aliphatic heterocycles. The number of rotatable bonds is 4. The summed E-state index contributed by atoms with van der Waals surface area (Å²) in [7, 11) is 0. The van der Waals surface area contributed by atoms with E-state index in [9.17, 15) is 9.90 Å². The van der Waals surface area contributed by atoms with Gasteiger partial charge in [0.2, 0.25) is 0 Å². The first kappa shape index (κ1) is 17.8. The van der Waals surface area contributed by atoms with Gasteiger partial charge >= 0.3 is 0 Å². The Kier molecular flexibility index (Phi) is 5.12. The molecule has 2 aromatic rings. The van der Waals surface area contributed by atoms with E-state index in [0.29, 0.717) is 18.6 Å². The number of ketones is 1. The van der Waals surface area contributed by atoms with Crippen molar-refractivity contribution in [3.8, 4) is 0 Å². The van der Waals surface area contributed by atoms with Crippen LogP contribution in [0.15, 0.2) is 82.2 Å². The molecule has 0 saturated carbocycles. The second-order valence-electron chi connectivity index (χ2n) is 7.23. The predicted octanol–water partition coefficient (Wildman–Crippen LogP) is 4.71. The molecular formula is C22H22N2O2. The van der Waals surface area contributed by atoms with Crippen molar-refractivity contribution in [3.63, 3.8) is 0 Å². The van der Waals surface area contributed by atoms with Crippen molar-refractivity contribution in [3.05, 3.63) is 83.1 Å². The van der Waals surface area contributed by atoms with Crippen LogP contribution in [0.25, 0.3) is 0 Å². The van der Waals surface area contributed by atoms with Gasteiger partial charge in [0.1, 0.15) is 11.5 Å². The smallest absolute Gasteiger partial charge is 0.168 e. The molecule has 2 aromatic carbocycles. The minimum Gasteiger partial charge on any atom is -0.511 e. The van der Waals surface area contributed by atoms with Crippen LogP contribution in [0.1, 0.15) is 37.8 Å². The van der Waals surface area contributed by atoms with Crippen LogP contribution in [0.4, 0.5) is 0 Å². The lowest BCUT2D eigenvalue weighted by Gasteiger charge is -2.28. The molecule has 0 heterocycles. The maximum absolute atomic E-state index is 12.3. The zero-order chi connectivity index (χ0) is 18.6. The van der Waals surface area contributed by atoms with E-state index in [0.717, 1.165) is 11.1 Å². The minimum atomic E-state index is -0.221. The number of nitrogens with zero attached hydrogens (tertiary/aromatic N) is 2. The number of aliphatic hydroxyl groups is 1. The third kappa shape index (κ3) is 4.14. The van der Waals surface area contributed by atoms with Crippen LogP contribution in [-0.2, 0) is 4.79 Å². The average molecular weight is 346 g/mol. The van der Waals surface area contributed by atoms with E-state index >= 15 is 0 Å². The summed E-state index contributed by atoms with van der Waals surface area (Å²) in [6, 6.07) is 19.5. The standard InChI is InChI=1S/C22H22N2O2/c1-22(2)13-19(25)18(20(26)14-22)15-23-24-21(16-9-5-3-6-10-16)17-11-7-4-8-12-17/h3-12,15,25H,13-14H2,1-2H3. The van der Waals surface area contributed by atoms with Crippen LogP contribution in [-0.4, -0.2) is 22.8 Å². The summed E-state index contributed by atoms with van der Waals surface area (Å²) in [4.78, 5) is 12.3.